The first-order valence-electron chi connectivity index (χ1n) is 10.2. The second-order valence-electron chi connectivity index (χ2n) is 6.91. The van der Waals surface area contributed by atoms with Crippen molar-refractivity contribution in [1.29, 1.82) is 0 Å². The Morgan fingerprint density at radius 3 is 2.48 bits per heavy atom. The fourth-order valence-electron chi connectivity index (χ4n) is 2.96. The Balaban J connectivity index is 2.59. The van der Waals surface area contributed by atoms with Crippen LogP contribution >= 0.6 is 15.9 Å². The summed E-state index contributed by atoms with van der Waals surface area (Å²) in [6.45, 7) is 13.2. The number of rotatable bonds is 8. The summed E-state index contributed by atoms with van der Waals surface area (Å²) in [5.74, 6) is -0.333. The topological polar surface area (TPSA) is 98.9 Å². The van der Waals surface area contributed by atoms with Gasteiger partial charge in [-0.05, 0) is 54.4 Å². The lowest BCUT2D eigenvalue weighted by Crippen LogP contribution is -2.22. The Bertz CT molecular complexity index is 1270. The van der Waals surface area contributed by atoms with E-state index in [0.29, 0.717) is 27.2 Å². The van der Waals surface area contributed by atoms with E-state index in [-0.39, 0.29) is 5.91 Å². The number of amides is 2. The zero-order chi connectivity index (χ0) is 24.5. The Kier molecular flexibility index (Phi) is 9.18. The molecule has 0 aliphatic heterocycles. The molecule has 2 rings (SSSR count). The van der Waals surface area contributed by atoms with E-state index in [1.165, 1.54) is 13.2 Å². The van der Waals surface area contributed by atoms with Gasteiger partial charge in [0.15, 0.2) is 5.82 Å². The number of anilines is 2. The van der Waals surface area contributed by atoms with Crippen LogP contribution in [-0.2, 0) is 0 Å². The van der Waals surface area contributed by atoms with Crippen molar-refractivity contribution >= 4 is 51.4 Å². The summed E-state index contributed by atoms with van der Waals surface area (Å²) in [5, 5.41) is 10.2. The molecule has 0 bridgehead atoms. The highest BCUT2D eigenvalue weighted by atomic mass is 79.9. The molecule has 0 radical (unpaired) electrons. The highest BCUT2D eigenvalue weighted by molar-refractivity contribution is 9.10. The standard InChI is InChI=1S/C25H28BrN5O2/c1-7-11-17-18(10-4)29-22(21(17)26)25(33)31-20-13-16(24(32)27-6)14-28-23(20)30-19(12-8-2)15(5)9-3/h7-14,29H,1,3H2,2,4-6H3,(H,27,32)(H,28,30)(H,31,33)/b12-8-,17-11+,18-10+,19-15+. The number of allylic oxidation sites excluding steroid dienone is 5. The van der Waals surface area contributed by atoms with Crippen molar-refractivity contribution in [2.24, 2.45) is 0 Å². The minimum Gasteiger partial charge on any atom is -0.355 e. The van der Waals surface area contributed by atoms with E-state index in [9.17, 15) is 9.59 Å². The molecule has 172 valence electrons. The van der Waals surface area contributed by atoms with E-state index < -0.39 is 5.91 Å². The largest absolute Gasteiger partial charge is 0.355 e. The number of hydrogen-bond acceptors (Lipinski definition) is 4. The summed E-state index contributed by atoms with van der Waals surface area (Å²) in [7, 11) is 1.53. The first-order chi connectivity index (χ1) is 15.8. The van der Waals surface area contributed by atoms with Gasteiger partial charge in [0.2, 0.25) is 0 Å². The molecule has 33 heavy (non-hydrogen) atoms. The summed E-state index contributed by atoms with van der Waals surface area (Å²) in [6, 6.07) is 1.57. The molecule has 0 saturated heterocycles. The van der Waals surface area contributed by atoms with Crippen LogP contribution in [0.5, 0.6) is 0 Å². The van der Waals surface area contributed by atoms with Crippen molar-refractivity contribution in [3.05, 3.63) is 87.3 Å². The lowest BCUT2D eigenvalue weighted by Gasteiger charge is -2.15. The third-order valence-electron chi connectivity index (χ3n) is 4.75. The molecule has 0 aliphatic carbocycles. The molecule has 2 amide bonds. The zero-order valence-corrected chi connectivity index (χ0v) is 20.8. The van der Waals surface area contributed by atoms with Gasteiger partial charge in [-0.3, -0.25) is 9.59 Å². The lowest BCUT2D eigenvalue weighted by atomic mass is 10.2. The van der Waals surface area contributed by atoms with Crippen molar-refractivity contribution < 1.29 is 9.59 Å². The molecule has 7 nitrogen and oxygen atoms in total. The monoisotopic (exact) mass is 509 g/mol. The van der Waals surface area contributed by atoms with Crippen LogP contribution in [0.4, 0.5) is 11.5 Å². The molecule has 0 spiro atoms. The number of carbonyl (C=O) groups excluding carboxylic acids is 2. The molecule has 2 heterocycles. The van der Waals surface area contributed by atoms with E-state index in [1.54, 1.807) is 24.3 Å². The van der Waals surface area contributed by atoms with E-state index in [2.05, 4.69) is 55.0 Å². The maximum absolute atomic E-state index is 13.2. The predicted molar refractivity (Wildman–Crippen MR) is 139 cm³/mol. The molecule has 0 atom stereocenters. The van der Waals surface area contributed by atoms with E-state index in [4.69, 9.17) is 0 Å². The number of hydrogen-bond donors (Lipinski definition) is 4. The van der Waals surface area contributed by atoms with Gasteiger partial charge in [-0.1, -0.05) is 43.5 Å². The van der Waals surface area contributed by atoms with Crippen molar-refractivity contribution in [3.63, 3.8) is 0 Å². The maximum Gasteiger partial charge on any atom is 0.273 e. The molecule has 0 unspecified atom stereocenters. The van der Waals surface area contributed by atoms with Crippen LogP contribution < -0.4 is 26.5 Å². The maximum atomic E-state index is 13.2. The van der Waals surface area contributed by atoms with Gasteiger partial charge in [-0.25, -0.2) is 4.98 Å². The highest BCUT2D eigenvalue weighted by Gasteiger charge is 2.18. The zero-order valence-electron chi connectivity index (χ0n) is 19.2. The fourth-order valence-corrected chi connectivity index (χ4v) is 3.59. The molecule has 0 aliphatic rings. The van der Waals surface area contributed by atoms with Crippen molar-refractivity contribution in [2.75, 3.05) is 17.7 Å². The van der Waals surface area contributed by atoms with Gasteiger partial charge in [0, 0.05) is 29.5 Å². The van der Waals surface area contributed by atoms with Crippen LogP contribution in [0.1, 0.15) is 41.6 Å². The second-order valence-corrected chi connectivity index (χ2v) is 7.70. The summed E-state index contributed by atoms with van der Waals surface area (Å²) in [6.07, 6.45) is 12.2. The first-order valence-corrected chi connectivity index (χ1v) is 11.0. The van der Waals surface area contributed by atoms with Crippen LogP contribution in [0.15, 0.2) is 65.5 Å². The Morgan fingerprint density at radius 2 is 1.91 bits per heavy atom. The SMILES string of the molecule is C=C/C=c1/c(Br)c(C(=O)Nc2cc(C(=O)NC)cnc2NC(/C=C\C)=C(\C)C=C)[nH]/c1=C/C. The molecule has 4 N–H and O–H groups in total. The Labute approximate surface area is 201 Å². The van der Waals surface area contributed by atoms with Gasteiger partial charge < -0.3 is 20.9 Å². The van der Waals surface area contributed by atoms with Crippen LogP contribution in [0.3, 0.4) is 0 Å². The average Bonchev–Trinajstić information content (AvgIpc) is 3.14. The molecular formula is C25H28BrN5O2. The van der Waals surface area contributed by atoms with Crippen molar-refractivity contribution in [3.8, 4) is 0 Å². The van der Waals surface area contributed by atoms with Gasteiger partial charge in [0.1, 0.15) is 5.69 Å². The minimum absolute atomic E-state index is 0.309. The number of aromatic nitrogens is 2. The van der Waals surface area contributed by atoms with Crippen LogP contribution in [0.2, 0.25) is 0 Å². The molecule has 2 aromatic heterocycles. The highest BCUT2D eigenvalue weighted by Crippen LogP contribution is 2.24. The smallest absolute Gasteiger partial charge is 0.273 e. The number of halogens is 1. The molecule has 2 aromatic rings. The third kappa shape index (κ3) is 5.98. The molecule has 0 aromatic carbocycles. The summed E-state index contributed by atoms with van der Waals surface area (Å²) >= 11 is 3.50. The van der Waals surface area contributed by atoms with Gasteiger partial charge in [0.05, 0.1) is 15.7 Å². The third-order valence-corrected chi connectivity index (χ3v) is 5.57. The van der Waals surface area contributed by atoms with Crippen molar-refractivity contribution in [1.82, 2.24) is 15.3 Å². The predicted octanol–water partition coefficient (Wildman–Crippen LogP) is 4.00. The summed E-state index contributed by atoms with van der Waals surface area (Å²) in [4.78, 5) is 32.9. The Morgan fingerprint density at radius 1 is 1.18 bits per heavy atom. The number of carbonyl (C=O) groups is 2. The van der Waals surface area contributed by atoms with Crippen LogP contribution in [0, 0.1) is 0 Å². The van der Waals surface area contributed by atoms with E-state index in [0.717, 1.165) is 21.8 Å². The molecule has 0 saturated carbocycles. The van der Waals surface area contributed by atoms with Gasteiger partial charge in [0.25, 0.3) is 11.8 Å². The number of nitrogens with zero attached hydrogens (tertiary/aromatic N) is 1. The molecule has 8 heteroatoms. The van der Waals surface area contributed by atoms with Gasteiger partial charge >= 0.3 is 0 Å². The van der Waals surface area contributed by atoms with E-state index in [1.807, 2.05) is 39.0 Å². The van der Waals surface area contributed by atoms with E-state index >= 15 is 0 Å². The number of H-pyrrole nitrogens is 1. The molecule has 0 fully saturated rings. The normalized spacial score (nSPS) is 13.0. The molecular weight excluding hydrogens is 482 g/mol. The second kappa shape index (κ2) is 11.8. The van der Waals surface area contributed by atoms with Crippen LogP contribution in [0.25, 0.3) is 12.2 Å². The summed E-state index contributed by atoms with van der Waals surface area (Å²) in [5.41, 5.74) is 2.64. The lowest BCUT2D eigenvalue weighted by molar-refractivity contribution is 0.0961. The van der Waals surface area contributed by atoms with Gasteiger partial charge in [-0.2, -0.15) is 0 Å². The Hall–Kier alpha value is -3.65. The number of aromatic amines is 1. The van der Waals surface area contributed by atoms with Gasteiger partial charge in [-0.15, -0.1) is 0 Å². The van der Waals surface area contributed by atoms with Crippen molar-refractivity contribution in [2.45, 2.75) is 20.8 Å². The first kappa shape index (κ1) is 25.6. The summed E-state index contributed by atoms with van der Waals surface area (Å²) < 4.78 is 0.606. The fraction of sp³-hybridized carbons (Fsp3) is 0.160. The van der Waals surface area contributed by atoms with Crippen LogP contribution in [-0.4, -0.2) is 28.8 Å². The number of pyridine rings is 1. The average molecular weight is 510 g/mol. The quantitative estimate of drug-likeness (QED) is 0.404. The minimum atomic E-state index is -0.399. The number of nitrogens with one attached hydrogen (secondary N) is 4.